The molecule has 0 aliphatic heterocycles. The van der Waals surface area contributed by atoms with Crippen LogP contribution in [-0.4, -0.2) is 43.0 Å². The lowest BCUT2D eigenvalue weighted by molar-refractivity contribution is 0.0955. The Bertz CT molecular complexity index is 1150. The van der Waals surface area contributed by atoms with Crippen molar-refractivity contribution < 1.29 is 9.18 Å². The van der Waals surface area contributed by atoms with Gasteiger partial charge in [0.15, 0.2) is 0 Å². The second kappa shape index (κ2) is 7.66. The molecular weight excluding hydrogens is 373 g/mol. The van der Waals surface area contributed by atoms with Gasteiger partial charge in [-0.05, 0) is 37.9 Å². The van der Waals surface area contributed by atoms with E-state index in [9.17, 15) is 9.18 Å². The number of likely N-dealkylation sites (N-methyl/N-ethyl adjacent to an activating group) is 1. The van der Waals surface area contributed by atoms with Crippen molar-refractivity contribution in [1.82, 2.24) is 15.2 Å². The number of rotatable bonds is 5. The lowest BCUT2D eigenvalue weighted by atomic mass is 10.0. The van der Waals surface area contributed by atoms with Crippen LogP contribution in [0.25, 0.3) is 32.1 Å². The summed E-state index contributed by atoms with van der Waals surface area (Å²) in [6.07, 6.45) is 1.78. The molecule has 6 heteroatoms. The molecule has 2 heterocycles. The second-order valence-electron chi connectivity index (χ2n) is 6.89. The number of hydrogen-bond donors (Lipinski definition) is 1. The van der Waals surface area contributed by atoms with E-state index in [2.05, 4.69) is 10.3 Å². The number of carbonyl (C=O) groups is 1. The maximum atomic E-state index is 13.9. The molecule has 4 nitrogen and oxygen atoms in total. The number of fused-ring (bicyclic) bond motifs is 3. The minimum absolute atomic E-state index is 0.119. The van der Waals surface area contributed by atoms with E-state index in [4.69, 9.17) is 0 Å². The van der Waals surface area contributed by atoms with Gasteiger partial charge in [0.05, 0.1) is 5.52 Å². The van der Waals surface area contributed by atoms with Crippen molar-refractivity contribution in [3.05, 3.63) is 65.4 Å². The summed E-state index contributed by atoms with van der Waals surface area (Å²) in [5.74, 6) is -0.431. The Balaban J connectivity index is 1.90. The highest BCUT2D eigenvalue weighted by molar-refractivity contribution is 7.22. The molecule has 2 aromatic heterocycles. The van der Waals surface area contributed by atoms with Gasteiger partial charge in [0.25, 0.3) is 5.91 Å². The van der Waals surface area contributed by atoms with Gasteiger partial charge < -0.3 is 10.2 Å². The Kier molecular flexibility index (Phi) is 5.07. The summed E-state index contributed by atoms with van der Waals surface area (Å²) in [5, 5.41) is 4.59. The van der Waals surface area contributed by atoms with Gasteiger partial charge in [0.1, 0.15) is 10.7 Å². The molecule has 2 aromatic carbocycles. The van der Waals surface area contributed by atoms with E-state index in [1.165, 1.54) is 23.5 Å². The Morgan fingerprint density at radius 2 is 1.93 bits per heavy atom. The smallest absolute Gasteiger partial charge is 0.262 e. The van der Waals surface area contributed by atoms with Crippen LogP contribution in [0.1, 0.15) is 9.67 Å². The summed E-state index contributed by atoms with van der Waals surface area (Å²) < 4.78 is 14.8. The predicted octanol–water partition coefficient (Wildman–Crippen LogP) is 4.55. The molecule has 0 saturated heterocycles. The summed E-state index contributed by atoms with van der Waals surface area (Å²) in [6, 6.07) is 14.4. The molecule has 28 heavy (non-hydrogen) atoms. The molecule has 1 amide bonds. The van der Waals surface area contributed by atoms with Crippen LogP contribution in [-0.2, 0) is 0 Å². The molecule has 0 fully saturated rings. The quantitative estimate of drug-likeness (QED) is 0.541. The summed E-state index contributed by atoms with van der Waals surface area (Å²) in [5.41, 5.74) is 2.51. The van der Waals surface area contributed by atoms with Crippen LogP contribution in [0.5, 0.6) is 0 Å². The van der Waals surface area contributed by atoms with Gasteiger partial charge in [-0.2, -0.15) is 0 Å². The Hall–Kier alpha value is -2.83. The van der Waals surface area contributed by atoms with Crippen molar-refractivity contribution in [2.24, 2.45) is 0 Å². The minimum atomic E-state index is -0.312. The highest BCUT2D eigenvalue weighted by Gasteiger charge is 2.21. The average molecular weight is 393 g/mol. The van der Waals surface area contributed by atoms with Crippen LogP contribution in [0.2, 0.25) is 0 Å². The average Bonchev–Trinajstić information content (AvgIpc) is 3.08. The fourth-order valence-corrected chi connectivity index (χ4v) is 4.47. The zero-order valence-corrected chi connectivity index (χ0v) is 16.5. The normalized spacial score (nSPS) is 11.4. The number of amides is 1. The van der Waals surface area contributed by atoms with E-state index < -0.39 is 0 Å². The molecule has 142 valence electrons. The summed E-state index contributed by atoms with van der Waals surface area (Å²) in [4.78, 5) is 20.1. The largest absolute Gasteiger partial charge is 0.350 e. The molecule has 0 saturated carbocycles. The van der Waals surface area contributed by atoms with Crippen LogP contribution in [0.4, 0.5) is 4.39 Å². The number of pyridine rings is 1. The van der Waals surface area contributed by atoms with E-state index in [0.717, 1.165) is 33.1 Å². The lowest BCUT2D eigenvalue weighted by Gasteiger charge is -2.10. The molecule has 0 aliphatic rings. The highest BCUT2D eigenvalue weighted by Crippen LogP contribution is 2.41. The van der Waals surface area contributed by atoms with E-state index in [1.807, 2.05) is 49.3 Å². The number of nitrogens with zero attached hydrogens (tertiary/aromatic N) is 2. The number of aromatic nitrogens is 1. The molecule has 0 bridgehead atoms. The van der Waals surface area contributed by atoms with E-state index in [0.29, 0.717) is 16.9 Å². The molecular formula is C22H20FN3OS. The highest BCUT2D eigenvalue weighted by atomic mass is 32.1. The molecule has 0 unspecified atom stereocenters. The minimum Gasteiger partial charge on any atom is -0.350 e. The Morgan fingerprint density at radius 1 is 1.14 bits per heavy atom. The van der Waals surface area contributed by atoms with Crippen LogP contribution in [0.15, 0.2) is 54.7 Å². The maximum absolute atomic E-state index is 13.9. The maximum Gasteiger partial charge on any atom is 0.262 e. The molecule has 0 atom stereocenters. The van der Waals surface area contributed by atoms with Crippen molar-refractivity contribution in [2.45, 2.75) is 0 Å². The molecule has 0 radical (unpaired) electrons. The SMILES string of the molecule is CN(C)CCNC(=O)c1sc2c(cnc3ccc(F)cc32)c1-c1ccccc1. The molecule has 4 aromatic rings. The first kappa shape index (κ1) is 18.5. The monoisotopic (exact) mass is 393 g/mol. The lowest BCUT2D eigenvalue weighted by Crippen LogP contribution is -2.31. The zero-order valence-electron chi connectivity index (χ0n) is 15.7. The van der Waals surface area contributed by atoms with Gasteiger partial charge in [-0.1, -0.05) is 30.3 Å². The fraction of sp³-hybridized carbons (Fsp3) is 0.182. The Morgan fingerprint density at radius 3 is 2.68 bits per heavy atom. The molecule has 1 N–H and O–H groups in total. The predicted molar refractivity (Wildman–Crippen MR) is 113 cm³/mol. The number of carbonyl (C=O) groups excluding carboxylic acids is 1. The first-order chi connectivity index (χ1) is 13.5. The van der Waals surface area contributed by atoms with E-state index in [-0.39, 0.29) is 11.7 Å². The van der Waals surface area contributed by atoms with Crippen LogP contribution in [0.3, 0.4) is 0 Å². The summed E-state index contributed by atoms with van der Waals surface area (Å²) in [7, 11) is 3.93. The van der Waals surface area contributed by atoms with Crippen LogP contribution < -0.4 is 5.32 Å². The second-order valence-corrected chi connectivity index (χ2v) is 7.91. The summed E-state index contributed by atoms with van der Waals surface area (Å²) in [6.45, 7) is 1.31. The van der Waals surface area contributed by atoms with Gasteiger partial charge >= 0.3 is 0 Å². The topological polar surface area (TPSA) is 45.2 Å². The standard InChI is InChI=1S/C22H20FN3OS/c1-26(2)11-10-24-22(27)21-19(14-6-4-3-5-7-14)17-13-25-18-9-8-15(23)12-16(18)20(17)28-21/h3-9,12-13H,10-11H2,1-2H3,(H,24,27). The van der Waals surface area contributed by atoms with Gasteiger partial charge in [-0.15, -0.1) is 11.3 Å². The van der Waals surface area contributed by atoms with Crippen molar-refractivity contribution in [3.63, 3.8) is 0 Å². The molecule has 0 aliphatic carbocycles. The fourth-order valence-electron chi connectivity index (χ4n) is 3.23. The zero-order chi connectivity index (χ0) is 19.7. The van der Waals surface area contributed by atoms with Gasteiger partial charge in [-0.3, -0.25) is 9.78 Å². The van der Waals surface area contributed by atoms with E-state index >= 15 is 0 Å². The third-order valence-corrected chi connectivity index (χ3v) is 5.83. The molecule has 4 rings (SSSR count). The number of benzene rings is 2. The number of thiophene rings is 1. The Labute approximate surface area is 166 Å². The van der Waals surface area contributed by atoms with Crippen LogP contribution in [0, 0.1) is 5.82 Å². The number of nitrogens with one attached hydrogen (secondary N) is 1. The first-order valence-electron chi connectivity index (χ1n) is 9.03. The molecule has 0 spiro atoms. The van der Waals surface area contributed by atoms with Gasteiger partial charge in [-0.25, -0.2) is 4.39 Å². The number of halogens is 1. The van der Waals surface area contributed by atoms with E-state index in [1.54, 1.807) is 12.3 Å². The first-order valence-corrected chi connectivity index (χ1v) is 9.85. The van der Waals surface area contributed by atoms with Crippen molar-refractivity contribution in [2.75, 3.05) is 27.2 Å². The van der Waals surface area contributed by atoms with Crippen molar-refractivity contribution in [1.29, 1.82) is 0 Å². The number of hydrogen-bond acceptors (Lipinski definition) is 4. The van der Waals surface area contributed by atoms with Crippen LogP contribution >= 0.6 is 11.3 Å². The van der Waals surface area contributed by atoms with Gasteiger partial charge in [0.2, 0.25) is 0 Å². The van der Waals surface area contributed by atoms with Gasteiger partial charge in [0, 0.05) is 40.3 Å². The van der Waals surface area contributed by atoms with Crippen molar-refractivity contribution >= 4 is 38.2 Å². The van der Waals surface area contributed by atoms with Crippen molar-refractivity contribution in [3.8, 4) is 11.1 Å². The third-order valence-electron chi connectivity index (χ3n) is 4.59. The third kappa shape index (κ3) is 3.48. The summed E-state index contributed by atoms with van der Waals surface area (Å²) >= 11 is 1.39.